The third-order valence-electron chi connectivity index (χ3n) is 3.65. The number of carbonyl (C=O) groups is 1. The van der Waals surface area contributed by atoms with E-state index in [2.05, 4.69) is 15.6 Å². The summed E-state index contributed by atoms with van der Waals surface area (Å²) in [5, 5.41) is 7.02. The van der Waals surface area contributed by atoms with Gasteiger partial charge in [-0.05, 0) is 50.3 Å². The van der Waals surface area contributed by atoms with Crippen molar-refractivity contribution in [2.75, 3.05) is 5.32 Å². The van der Waals surface area contributed by atoms with Gasteiger partial charge in [-0.1, -0.05) is 35.9 Å². The average Bonchev–Trinajstić information content (AvgIpc) is 2.56. The number of hydrogen-bond acceptors (Lipinski definition) is 3. The minimum Gasteiger partial charge on any atom is -0.331 e. The molecule has 120 valence electrons. The van der Waals surface area contributed by atoms with Gasteiger partial charge in [0.05, 0.1) is 11.2 Å². The van der Waals surface area contributed by atoms with E-state index in [-0.39, 0.29) is 11.0 Å². The molecule has 2 N–H and O–H groups in total. The Morgan fingerprint density at radius 3 is 2.50 bits per heavy atom. The first-order valence-electron chi connectivity index (χ1n) is 7.58. The number of aromatic nitrogens is 1. The standard InChI is InChI=1S/C19H17N3OS/c1-12-6-9-15(10-7-12)18(23)22-19(24)21-16-5-3-4-14-11-8-13(2)20-17(14)16/h3-11H,1-2H3,(H2,21,22,23,24). The normalized spacial score (nSPS) is 10.4. The molecule has 0 atom stereocenters. The molecule has 0 spiro atoms. The lowest BCUT2D eigenvalue weighted by molar-refractivity contribution is 0.0977. The molecule has 5 heteroatoms. The van der Waals surface area contributed by atoms with E-state index >= 15 is 0 Å². The van der Waals surface area contributed by atoms with Crippen LogP contribution >= 0.6 is 12.2 Å². The number of carbonyl (C=O) groups excluding carboxylic acids is 1. The van der Waals surface area contributed by atoms with Gasteiger partial charge in [-0.3, -0.25) is 15.1 Å². The number of para-hydroxylation sites is 1. The first-order chi connectivity index (χ1) is 11.5. The summed E-state index contributed by atoms with van der Waals surface area (Å²) in [6, 6.07) is 17.1. The molecule has 4 nitrogen and oxygen atoms in total. The zero-order chi connectivity index (χ0) is 17.1. The summed E-state index contributed by atoms with van der Waals surface area (Å²) in [6.07, 6.45) is 0. The number of nitrogens with one attached hydrogen (secondary N) is 2. The molecule has 0 aliphatic heterocycles. The summed E-state index contributed by atoms with van der Waals surface area (Å²) >= 11 is 5.26. The Kier molecular flexibility index (Phi) is 4.53. The third kappa shape index (κ3) is 3.58. The number of benzene rings is 2. The second-order valence-corrected chi connectivity index (χ2v) is 6.01. The van der Waals surface area contributed by atoms with Gasteiger partial charge < -0.3 is 5.32 Å². The van der Waals surface area contributed by atoms with E-state index in [0.29, 0.717) is 5.56 Å². The lowest BCUT2D eigenvalue weighted by Crippen LogP contribution is -2.34. The molecule has 0 saturated heterocycles. The number of fused-ring (bicyclic) bond motifs is 1. The van der Waals surface area contributed by atoms with Crippen LogP contribution in [0.4, 0.5) is 5.69 Å². The van der Waals surface area contributed by atoms with Crippen molar-refractivity contribution >= 4 is 39.8 Å². The first-order valence-corrected chi connectivity index (χ1v) is 7.99. The van der Waals surface area contributed by atoms with Crippen LogP contribution in [0, 0.1) is 13.8 Å². The van der Waals surface area contributed by atoms with Gasteiger partial charge in [0.15, 0.2) is 5.11 Å². The largest absolute Gasteiger partial charge is 0.331 e. The lowest BCUT2D eigenvalue weighted by atomic mass is 10.1. The van der Waals surface area contributed by atoms with Gasteiger partial charge in [-0.2, -0.15) is 0 Å². The van der Waals surface area contributed by atoms with Crippen molar-refractivity contribution in [3.8, 4) is 0 Å². The summed E-state index contributed by atoms with van der Waals surface area (Å²) in [5.74, 6) is -0.239. The first kappa shape index (κ1) is 16.1. The molecule has 0 fully saturated rings. The van der Waals surface area contributed by atoms with Gasteiger partial charge >= 0.3 is 0 Å². The maximum absolute atomic E-state index is 12.2. The number of rotatable bonds is 2. The zero-order valence-corrected chi connectivity index (χ0v) is 14.3. The monoisotopic (exact) mass is 335 g/mol. The summed E-state index contributed by atoms with van der Waals surface area (Å²) in [7, 11) is 0. The molecule has 1 amide bonds. The fraction of sp³-hybridized carbons (Fsp3) is 0.105. The van der Waals surface area contributed by atoms with Gasteiger partial charge in [0.2, 0.25) is 0 Å². The highest BCUT2D eigenvalue weighted by atomic mass is 32.1. The van der Waals surface area contributed by atoms with Crippen LogP contribution in [-0.4, -0.2) is 16.0 Å². The van der Waals surface area contributed by atoms with Crippen molar-refractivity contribution in [3.05, 3.63) is 71.4 Å². The highest BCUT2D eigenvalue weighted by Gasteiger charge is 2.09. The number of pyridine rings is 1. The molecular weight excluding hydrogens is 318 g/mol. The van der Waals surface area contributed by atoms with Crippen LogP contribution in [-0.2, 0) is 0 Å². The smallest absolute Gasteiger partial charge is 0.257 e. The van der Waals surface area contributed by atoms with Gasteiger partial charge in [0.1, 0.15) is 0 Å². The van der Waals surface area contributed by atoms with E-state index < -0.39 is 0 Å². The predicted molar refractivity (Wildman–Crippen MR) is 101 cm³/mol. The number of hydrogen-bond donors (Lipinski definition) is 2. The quantitative estimate of drug-likeness (QED) is 0.696. The Hall–Kier alpha value is -2.79. The van der Waals surface area contributed by atoms with E-state index in [1.165, 1.54) is 0 Å². The van der Waals surface area contributed by atoms with Crippen molar-refractivity contribution in [2.45, 2.75) is 13.8 Å². The van der Waals surface area contributed by atoms with E-state index in [9.17, 15) is 4.79 Å². The van der Waals surface area contributed by atoms with Crippen molar-refractivity contribution in [2.24, 2.45) is 0 Å². The molecule has 2 aromatic carbocycles. The fourth-order valence-electron chi connectivity index (χ4n) is 2.38. The van der Waals surface area contributed by atoms with Crippen LogP contribution in [0.1, 0.15) is 21.6 Å². The molecular formula is C19H17N3OS. The Labute approximate surface area is 145 Å². The summed E-state index contributed by atoms with van der Waals surface area (Å²) < 4.78 is 0. The van der Waals surface area contributed by atoms with E-state index in [4.69, 9.17) is 12.2 Å². The van der Waals surface area contributed by atoms with Crippen LogP contribution in [0.2, 0.25) is 0 Å². The molecule has 0 saturated carbocycles. The van der Waals surface area contributed by atoms with Crippen LogP contribution in [0.3, 0.4) is 0 Å². The molecule has 0 aliphatic carbocycles. The van der Waals surface area contributed by atoms with E-state index in [0.717, 1.165) is 27.8 Å². The van der Waals surface area contributed by atoms with Crippen LogP contribution in [0.25, 0.3) is 10.9 Å². The highest BCUT2D eigenvalue weighted by Crippen LogP contribution is 2.21. The summed E-state index contributed by atoms with van der Waals surface area (Å²) in [6.45, 7) is 3.91. The topological polar surface area (TPSA) is 54.0 Å². The maximum Gasteiger partial charge on any atom is 0.257 e. The Morgan fingerprint density at radius 1 is 1.00 bits per heavy atom. The molecule has 0 unspecified atom stereocenters. The zero-order valence-electron chi connectivity index (χ0n) is 13.5. The molecule has 24 heavy (non-hydrogen) atoms. The van der Waals surface area contributed by atoms with Crippen molar-refractivity contribution in [3.63, 3.8) is 0 Å². The predicted octanol–water partition coefficient (Wildman–Crippen LogP) is 3.98. The molecule has 3 rings (SSSR count). The van der Waals surface area contributed by atoms with E-state index in [1.54, 1.807) is 12.1 Å². The number of thiocarbonyl (C=S) groups is 1. The Morgan fingerprint density at radius 2 is 1.75 bits per heavy atom. The molecule has 3 aromatic rings. The highest BCUT2D eigenvalue weighted by molar-refractivity contribution is 7.80. The van der Waals surface area contributed by atoms with Crippen molar-refractivity contribution in [1.29, 1.82) is 0 Å². The van der Waals surface area contributed by atoms with E-state index in [1.807, 2.05) is 56.3 Å². The molecule has 1 aromatic heterocycles. The second kappa shape index (κ2) is 6.76. The number of amides is 1. The number of aryl methyl sites for hydroxylation is 2. The van der Waals surface area contributed by atoms with Crippen LogP contribution in [0.5, 0.6) is 0 Å². The van der Waals surface area contributed by atoms with Crippen LogP contribution in [0.15, 0.2) is 54.6 Å². The molecule has 0 bridgehead atoms. The SMILES string of the molecule is Cc1ccc(C(=O)NC(=S)Nc2cccc3ccc(C)nc23)cc1. The lowest BCUT2D eigenvalue weighted by Gasteiger charge is -2.12. The van der Waals surface area contributed by atoms with Crippen LogP contribution < -0.4 is 10.6 Å². The average molecular weight is 335 g/mol. The minimum absolute atomic E-state index is 0.239. The van der Waals surface area contributed by atoms with Gasteiger partial charge in [0, 0.05) is 16.6 Å². The number of anilines is 1. The number of nitrogens with zero attached hydrogens (tertiary/aromatic N) is 1. The second-order valence-electron chi connectivity index (χ2n) is 5.60. The van der Waals surface area contributed by atoms with Gasteiger partial charge in [-0.15, -0.1) is 0 Å². The molecule has 1 heterocycles. The van der Waals surface area contributed by atoms with Crippen molar-refractivity contribution < 1.29 is 4.79 Å². The van der Waals surface area contributed by atoms with Gasteiger partial charge in [0.25, 0.3) is 5.91 Å². The third-order valence-corrected chi connectivity index (χ3v) is 3.85. The molecule has 0 radical (unpaired) electrons. The maximum atomic E-state index is 12.2. The minimum atomic E-state index is -0.239. The van der Waals surface area contributed by atoms with Gasteiger partial charge in [-0.25, -0.2) is 0 Å². The summed E-state index contributed by atoms with van der Waals surface area (Å²) in [5.41, 5.74) is 4.18. The Balaban J connectivity index is 1.76. The fourth-order valence-corrected chi connectivity index (χ4v) is 2.58. The Bertz CT molecular complexity index is 920. The summed E-state index contributed by atoms with van der Waals surface area (Å²) in [4.78, 5) is 16.8. The van der Waals surface area contributed by atoms with Crippen molar-refractivity contribution in [1.82, 2.24) is 10.3 Å². The molecule has 0 aliphatic rings.